The van der Waals surface area contributed by atoms with Crippen LogP contribution in [0.3, 0.4) is 0 Å². The molecule has 0 aromatic carbocycles. The molecule has 23 heavy (non-hydrogen) atoms. The number of nitrogens with one attached hydrogen (secondary N) is 1. The molecule has 0 aliphatic carbocycles. The average molecular weight is 330 g/mol. The maximum Gasteiger partial charge on any atom is 0.309 e. The largest absolute Gasteiger partial charge is 0.361 e. The van der Waals surface area contributed by atoms with Crippen LogP contribution in [0.5, 0.6) is 0 Å². The van der Waals surface area contributed by atoms with Crippen molar-refractivity contribution in [3.05, 3.63) is 0 Å². The van der Waals surface area contributed by atoms with E-state index in [9.17, 15) is 14.4 Å². The van der Waals surface area contributed by atoms with Crippen molar-refractivity contribution >= 4 is 18.1 Å². The second-order valence-corrected chi connectivity index (χ2v) is 6.44. The van der Waals surface area contributed by atoms with Crippen molar-refractivity contribution in [2.45, 2.75) is 63.6 Å². The van der Waals surface area contributed by atoms with Gasteiger partial charge in [-0.2, -0.15) is 0 Å². The van der Waals surface area contributed by atoms with Crippen LogP contribution < -0.4 is 11.1 Å². The minimum Gasteiger partial charge on any atom is -0.361 e. The highest BCUT2D eigenvalue weighted by atomic mass is 16.8. The summed E-state index contributed by atoms with van der Waals surface area (Å²) in [5.74, 6) is -4.00. The van der Waals surface area contributed by atoms with E-state index in [1.54, 1.807) is 27.7 Å². The molecular weight excluding hydrogens is 308 g/mol. The molecule has 0 radical (unpaired) electrons. The third-order valence-electron chi connectivity index (χ3n) is 3.59. The lowest BCUT2D eigenvalue weighted by Gasteiger charge is -2.43. The molecule has 4 atom stereocenters. The maximum atomic E-state index is 11.6. The summed E-state index contributed by atoms with van der Waals surface area (Å²) in [6.07, 6.45) is -1.75. The van der Waals surface area contributed by atoms with Gasteiger partial charge in [0.2, 0.25) is 0 Å². The van der Waals surface area contributed by atoms with Gasteiger partial charge >= 0.3 is 11.8 Å². The molecule has 0 bridgehead atoms. The van der Waals surface area contributed by atoms with E-state index in [-0.39, 0.29) is 6.61 Å². The molecule has 0 spiro atoms. The SMILES string of the molecule is CC1(C)OC[C@@H](NC(=O)C(N)=O)C([C@@H]2OC(C)(C)O[C@@H]2C=O)O1. The molecule has 2 aliphatic rings. The van der Waals surface area contributed by atoms with Crippen LogP contribution in [0, 0.1) is 0 Å². The average Bonchev–Trinajstić information content (AvgIpc) is 2.75. The Morgan fingerprint density at radius 1 is 1.09 bits per heavy atom. The van der Waals surface area contributed by atoms with E-state index < -0.39 is 47.7 Å². The van der Waals surface area contributed by atoms with Crippen LogP contribution in [0.2, 0.25) is 0 Å². The Hall–Kier alpha value is -1.55. The van der Waals surface area contributed by atoms with Crippen molar-refractivity contribution in [3.63, 3.8) is 0 Å². The summed E-state index contributed by atoms with van der Waals surface area (Å²) < 4.78 is 22.6. The lowest BCUT2D eigenvalue weighted by Crippen LogP contribution is -2.62. The zero-order chi connectivity index (χ0) is 17.4. The summed E-state index contributed by atoms with van der Waals surface area (Å²) in [6.45, 7) is 6.81. The molecule has 2 aliphatic heterocycles. The predicted molar refractivity (Wildman–Crippen MR) is 75.9 cm³/mol. The summed E-state index contributed by atoms with van der Waals surface area (Å²) in [5.41, 5.74) is 4.96. The number of amides is 2. The van der Waals surface area contributed by atoms with Gasteiger partial charge in [-0.05, 0) is 27.7 Å². The minimum atomic E-state index is -1.12. The molecule has 0 aromatic rings. The first-order valence-corrected chi connectivity index (χ1v) is 7.28. The van der Waals surface area contributed by atoms with E-state index in [1.807, 2.05) is 0 Å². The molecule has 130 valence electrons. The number of aldehydes is 1. The van der Waals surface area contributed by atoms with Crippen LogP contribution in [0.1, 0.15) is 27.7 Å². The summed E-state index contributed by atoms with van der Waals surface area (Å²) in [7, 11) is 0. The van der Waals surface area contributed by atoms with Crippen molar-refractivity contribution in [1.29, 1.82) is 0 Å². The molecule has 0 saturated carbocycles. The third kappa shape index (κ3) is 4.05. The lowest BCUT2D eigenvalue weighted by atomic mass is 9.99. The number of nitrogens with two attached hydrogens (primary N) is 1. The summed E-state index contributed by atoms with van der Waals surface area (Å²) >= 11 is 0. The molecule has 2 amide bonds. The van der Waals surface area contributed by atoms with Crippen LogP contribution >= 0.6 is 0 Å². The zero-order valence-electron chi connectivity index (χ0n) is 13.5. The van der Waals surface area contributed by atoms with Gasteiger partial charge in [0.05, 0.1) is 12.6 Å². The van der Waals surface area contributed by atoms with Gasteiger partial charge < -0.3 is 34.8 Å². The van der Waals surface area contributed by atoms with Crippen molar-refractivity contribution in [3.8, 4) is 0 Å². The Balaban J connectivity index is 2.23. The molecule has 2 saturated heterocycles. The highest BCUT2D eigenvalue weighted by molar-refractivity contribution is 6.34. The summed E-state index contributed by atoms with van der Waals surface area (Å²) in [6, 6.07) is -0.715. The Morgan fingerprint density at radius 2 is 1.70 bits per heavy atom. The van der Waals surface area contributed by atoms with Gasteiger partial charge in [0, 0.05) is 0 Å². The van der Waals surface area contributed by atoms with E-state index in [2.05, 4.69) is 5.32 Å². The van der Waals surface area contributed by atoms with Crippen LogP contribution in [0.15, 0.2) is 0 Å². The zero-order valence-corrected chi connectivity index (χ0v) is 13.5. The molecule has 2 fully saturated rings. The lowest BCUT2D eigenvalue weighted by molar-refractivity contribution is -0.301. The van der Waals surface area contributed by atoms with Crippen molar-refractivity contribution in [2.24, 2.45) is 5.73 Å². The number of hydrogen-bond donors (Lipinski definition) is 2. The molecule has 9 heteroatoms. The van der Waals surface area contributed by atoms with E-state index in [4.69, 9.17) is 24.7 Å². The topological polar surface area (TPSA) is 126 Å². The smallest absolute Gasteiger partial charge is 0.309 e. The first-order chi connectivity index (χ1) is 10.5. The molecular formula is C14H22N2O7. The number of hydrogen-bond acceptors (Lipinski definition) is 7. The van der Waals surface area contributed by atoms with Crippen LogP contribution in [-0.4, -0.2) is 60.6 Å². The van der Waals surface area contributed by atoms with E-state index >= 15 is 0 Å². The Morgan fingerprint density at radius 3 is 2.26 bits per heavy atom. The third-order valence-corrected chi connectivity index (χ3v) is 3.59. The van der Waals surface area contributed by atoms with Crippen molar-refractivity contribution < 1.29 is 33.3 Å². The fourth-order valence-corrected chi connectivity index (χ4v) is 2.67. The predicted octanol–water partition coefficient (Wildman–Crippen LogP) is -1.17. The molecule has 1 unspecified atom stereocenters. The Bertz CT molecular complexity index is 505. The van der Waals surface area contributed by atoms with E-state index in [1.165, 1.54) is 0 Å². The molecule has 0 aromatic heterocycles. The molecule has 2 rings (SSSR count). The first-order valence-electron chi connectivity index (χ1n) is 7.28. The number of rotatable bonds is 3. The number of ether oxygens (including phenoxy) is 4. The second kappa shape index (κ2) is 6.16. The normalized spacial score (nSPS) is 35.5. The van der Waals surface area contributed by atoms with Gasteiger partial charge in [-0.15, -0.1) is 0 Å². The number of carbonyl (C=O) groups is 3. The maximum absolute atomic E-state index is 11.6. The van der Waals surface area contributed by atoms with Gasteiger partial charge in [-0.1, -0.05) is 0 Å². The fraction of sp³-hybridized carbons (Fsp3) is 0.786. The monoisotopic (exact) mass is 330 g/mol. The first kappa shape index (κ1) is 17.8. The van der Waals surface area contributed by atoms with Gasteiger partial charge in [0.25, 0.3) is 0 Å². The Labute approximate surface area is 133 Å². The Kier molecular flexibility index (Phi) is 4.76. The quantitative estimate of drug-likeness (QED) is 0.493. The van der Waals surface area contributed by atoms with E-state index in [0.717, 1.165) is 0 Å². The molecule has 3 N–H and O–H groups in total. The summed E-state index contributed by atoms with van der Waals surface area (Å²) in [5, 5.41) is 2.44. The van der Waals surface area contributed by atoms with Crippen LogP contribution in [-0.2, 0) is 33.3 Å². The van der Waals surface area contributed by atoms with Gasteiger partial charge in [0.15, 0.2) is 17.9 Å². The van der Waals surface area contributed by atoms with Crippen molar-refractivity contribution in [1.82, 2.24) is 5.32 Å². The number of carbonyl (C=O) groups excluding carboxylic acids is 3. The van der Waals surface area contributed by atoms with Gasteiger partial charge in [-0.25, -0.2) is 0 Å². The van der Waals surface area contributed by atoms with Crippen molar-refractivity contribution in [2.75, 3.05) is 6.61 Å². The van der Waals surface area contributed by atoms with Crippen LogP contribution in [0.25, 0.3) is 0 Å². The highest BCUT2D eigenvalue weighted by Crippen LogP contribution is 2.35. The van der Waals surface area contributed by atoms with Crippen LogP contribution in [0.4, 0.5) is 0 Å². The second-order valence-electron chi connectivity index (χ2n) is 6.44. The minimum absolute atomic E-state index is 0.0720. The van der Waals surface area contributed by atoms with E-state index in [0.29, 0.717) is 6.29 Å². The standard InChI is InChI=1S/C14H22N2O7/c1-13(2)20-6-7(16-12(19)11(15)18)9(22-13)10-8(5-17)21-14(3,4)23-10/h5,7-10H,6H2,1-4H3,(H2,15,18)(H,16,19)/t7-,8-,9?,10-/m1/s1. The molecule has 2 heterocycles. The van der Waals surface area contributed by atoms with Gasteiger partial charge in [-0.3, -0.25) is 9.59 Å². The molecule has 9 nitrogen and oxygen atoms in total. The summed E-state index contributed by atoms with van der Waals surface area (Å²) in [4.78, 5) is 33.8. The highest BCUT2D eigenvalue weighted by Gasteiger charge is 2.51. The number of primary amides is 1. The fourth-order valence-electron chi connectivity index (χ4n) is 2.67. The van der Waals surface area contributed by atoms with Gasteiger partial charge in [0.1, 0.15) is 18.3 Å².